The van der Waals surface area contributed by atoms with Crippen molar-refractivity contribution in [2.24, 2.45) is 5.92 Å². The van der Waals surface area contributed by atoms with E-state index in [1.54, 1.807) is 11.8 Å². The number of Topliss-reactive ketones (excluding diaryl/α,β-unsaturated/α-hetero) is 1. The van der Waals surface area contributed by atoms with Crippen molar-refractivity contribution in [3.63, 3.8) is 0 Å². The van der Waals surface area contributed by atoms with E-state index in [2.05, 4.69) is 6.92 Å². The number of hydrogen-bond donors (Lipinski definition) is 0. The molecular formula is C11H19NOS2. The van der Waals surface area contributed by atoms with Gasteiger partial charge in [-0.3, -0.25) is 4.79 Å². The summed E-state index contributed by atoms with van der Waals surface area (Å²) >= 11 is 6.79. The Morgan fingerprint density at radius 1 is 1.60 bits per heavy atom. The number of carbonyl (C=O) groups excluding carboxylic acids is 1. The van der Waals surface area contributed by atoms with E-state index in [9.17, 15) is 4.79 Å². The summed E-state index contributed by atoms with van der Waals surface area (Å²) in [6.45, 7) is 2.20. The molecule has 86 valence electrons. The molecule has 1 aliphatic rings. The van der Waals surface area contributed by atoms with E-state index in [1.165, 1.54) is 6.42 Å². The average molecular weight is 245 g/mol. The van der Waals surface area contributed by atoms with Gasteiger partial charge >= 0.3 is 0 Å². The molecule has 1 aliphatic carbocycles. The van der Waals surface area contributed by atoms with Gasteiger partial charge in [-0.15, -0.1) is 0 Å². The Morgan fingerprint density at radius 3 is 2.80 bits per heavy atom. The van der Waals surface area contributed by atoms with E-state index in [4.69, 9.17) is 12.2 Å². The zero-order valence-electron chi connectivity index (χ0n) is 9.66. The van der Waals surface area contributed by atoms with E-state index >= 15 is 0 Å². The maximum Gasteiger partial charge on any atom is 0.146 e. The van der Waals surface area contributed by atoms with Crippen LogP contribution in [0.25, 0.3) is 0 Å². The minimum absolute atomic E-state index is 0.110. The van der Waals surface area contributed by atoms with Crippen LogP contribution in [0.4, 0.5) is 0 Å². The molecule has 2 nitrogen and oxygen atoms in total. The summed E-state index contributed by atoms with van der Waals surface area (Å²) < 4.78 is 0.824. The fraction of sp³-hybridized carbons (Fsp3) is 0.818. The third-order valence-corrected chi connectivity index (χ3v) is 4.85. The Hall–Kier alpha value is -0.0900. The highest BCUT2D eigenvalue weighted by Crippen LogP contribution is 2.32. The first-order valence-corrected chi connectivity index (χ1v) is 6.74. The Bertz CT molecular complexity index is 253. The summed E-state index contributed by atoms with van der Waals surface area (Å²) in [4.78, 5) is 13.6. The molecule has 2 atom stereocenters. The number of rotatable bonds is 2. The standard InChI is InChI=1S/C11H19NOS2/c1-4-8-5-6-9(13)10(7-8)15-11(14)12(2)3/h8,10H,4-7H2,1-3H3/t8-,10-/m1/s1. The maximum absolute atomic E-state index is 11.7. The number of hydrogen-bond acceptors (Lipinski definition) is 3. The molecule has 0 heterocycles. The quantitative estimate of drug-likeness (QED) is 0.697. The minimum Gasteiger partial charge on any atom is -0.364 e. The molecule has 1 rings (SSSR count). The van der Waals surface area contributed by atoms with E-state index in [0.717, 1.165) is 23.6 Å². The van der Waals surface area contributed by atoms with Crippen molar-refractivity contribution >= 4 is 34.1 Å². The molecule has 0 aliphatic heterocycles. The van der Waals surface area contributed by atoms with Crippen LogP contribution >= 0.6 is 24.0 Å². The van der Waals surface area contributed by atoms with E-state index in [-0.39, 0.29) is 5.25 Å². The summed E-state index contributed by atoms with van der Waals surface area (Å²) in [7, 11) is 3.86. The zero-order valence-corrected chi connectivity index (χ0v) is 11.3. The van der Waals surface area contributed by atoms with Crippen LogP contribution in [-0.2, 0) is 4.79 Å². The summed E-state index contributed by atoms with van der Waals surface area (Å²) in [5.41, 5.74) is 0. The Kier molecular flexibility index (Phi) is 5.06. The fourth-order valence-electron chi connectivity index (χ4n) is 1.77. The Morgan fingerprint density at radius 2 is 2.27 bits per heavy atom. The lowest BCUT2D eigenvalue weighted by molar-refractivity contribution is -0.120. The molecule has 4 heteroatoms. The number of thioether (sulfide) groups is 1. The van der Waals surface area contributed by atoms with Crippen LogP contribution in [0.1, 0.15) is 32.6 Å². The summed E-state index contributed by atoms with van der Waals surface area (Å²) in [6.07, 6.45) is 4.00. The van der Waals surface area contributed by atoms with Gasteiger partial charge in [-0.1, -0.05) is 37.3 Å². The van der Waals surface area contributed by atoms with Gasteiger partial charge in [0.05, 0.1) is 5.25 Å². The van der Waals surface area contributed by atoms with Gasteiger partial charge in [0.2, 0.25) is 0 Å². The van der Waals surface area contributed by atoms with Crippen molar-refractivity contribution in [1.29, 1.82) is 0 Å². The van der Waals surface area contributed by atoms with Gasteiger partial charge in [0.1, 0.15) is 10.1 Å². The smallest absolute Gasteiger partial charge is 0.146 e. The highest BCUT2D eigenvalue weighted by atomic mass is 32.2. The van der Waals surface area contributed by atoms with Crippen molar-refractivity contribution < 1.29 is 4.79 Å². The van der Waals surface area contributed by atoms with Gasteiger partial charge in [0, 0.05) is 20.5 Å². The first kappa shape index (κ1) is 13.0. The van der Waals surface area contributed by atoms with Gasteiger partial charge in [0.15, 0.2) is 0 Å². The molecule has 0 bridgehead atoms. The van der Waals surface area contributed by atoms with Crippen molar-refractivity contribution in [3.05, 3.63) is 0 Å². The number of thiocarbonyl (C=S) groups is 1. The first-order valence-electron chi connectivity index (χ1n) is 5.45. The third-order valence-electron chi connectivity index (χ3n) is 2.89. The SMILES string of the molecule is CC[C@@H]1CCC(=O)[C@H](SC(=S)N(C)C)C1. The second-order valence-corrected chi connectivity index (χ2v) is 6.12. The van der Waals surface area contributed by atoms with Gasteiger partial charge in [0.25, 0.3) is 0 Å². The molecule has 0 amide bonds. The lowest BCUT2D eigenvalue weighted by atomic mass is 9.86. The second kappa shape index (κ2) is 5.85. The summed E-state index contributed by atoms with van der Waals surface area (Å²) in [5, 5.41) is 0.110. The van der Waals surface area contributed by atoms with E-state index < -0.39 is 0 Å². The molecule has 0 N–H and O–H groups in total. The molecule has 0 aromatic heterocycles. The fourth-order valence-corrected chi connectivity index (χ4v) is 3.19. The Balaban J connectivity index is 2.51. The van der Waals surface area contributed by atoms with E-state index in [0.29, 0.717) is 11.7 Å². The third kappa shape index (κ3) is 3.76. The summed E-state index contributed by atoms with van der Waals surface area (Å²) in [6, 6.07) is 0. The average Bonchev–Trinajstić information content (AvgIpc) is 2.21. The predicted molar refractivity (Wildman–Crippen MR) is 70.3 cm³/mol. The van der Waals surface area contributed by atoms with Crippen LogP contribution in [-0.4, -0.2) is 34.3 Å². The molecule has 15 heavy (non-hydrogen) atoms. The lowest BCUT2D eigenvalue weighted by Gasteiger charge is -2.28. The minimum atomic E-state index is 0.110. The van der Waals surface area contributed by atoms with Crippen LogP contribution in [0.5, 0.6) is 0 Å². The normalized spacial score (nSPS) is 26.5. The highest BCUT2D eigenvalue weighted by molar-refractivity contribution is 8.23. The molecule has 1 fully saturated rings. The molecular weight excluding hydrogens is 226 g/mol. The van der Waals surface area contributed by atoms with Crippen molar-refractivity contribution in [2.45, 2.75) is 37.9 Å². The van der Waals surface area contributed by atoms with Crippen LogP contribution in [0.3, 0.4) is 0 Å². The largest absolute Gasteiger partial charge is 0.364 e. The maximum atomic E-state index is 11.7. The monoisotopic (exact) mass is 245 g/mol. The molecule has 0 saturated heterocycles. The van der Waals surface area contributed by atoms with Gasteiger partial charge < -0.3 is 4.90 Å². The highest BCUT2D eigenvalue weighted by Gasteiger charge is 2.29. The van der Waals surface area contributed by atoms with Crippen LogP contribution in [0.2, 0.25) is 0 Å². The molecule has 0 unspecified atom stereocenters. The molecule has 0 aromatic rings. The number of ketones is 1. The molecule has 0 spiro atoms. The van der Waals surface area contributed by atoms with Crippen LogP contribution < -0.4 is 0 Å². The van der Waals surface area contributed by atoms with E-state index in [1.807, 2.05) is 19.0 Å². The lowest BCUT2D eigenvalue weighted by Crippen LogP contribution is -2.30. The zero-order chi connectivity index (χ0) is 11.4. The van der Waals surface area contributed by atoms with Gasteiger partial charge in [-0.25, -0.2) is 0 Å². The number of carbonyl (C=O) groups is 1. The summed E-state index contributed by atoms with van der Waals surface area (Å²) in [5.74, 6) is 1.10. The van der Waals surface area contributed by atoms with Crippen molar-refractivity contribution in [2.75, 3.05) is 14.1 Å². The second-order valence-electron chi connectivity index (χ2n) is 4.28. The first-order chi connectivity index (χ1) is 7.04. The topological polar surface area (TPSA) is 20.3 Å². The number of nitrogens with zero attached hydrogens (tertiary/aromatic N) is 1. The van der Waals surface area contributed by atoms with Crippen LogP contribution in [0.15, 0.2) is 0 Å². The van der Waals surface area contributed by atoms with Gasteiger partial charge in [-0.05, 0) is 18.8 Å². The molecule has 0 radical (unpaired) electrons. The Labute approximate surface area is 102 Å². The van der Waals surface area contributed by atoms with Gasteiger partial charge in [-0.2, -0.15) is 0 Å². The van der Waals surface area contributed by atoms with Crippen molar-refractivity contribution in [1.82, 2.24) is 4.90 Å². The molecule has 0 aromatic carbocycles. The predicted octanol–water partition coefficient (Wildman–Crippen LogP) is 2.71. The van der Waals surface area contributed by atoms with Crippen molar-refractivity contribution in [3.8, 4) is 0 Å². The molecule has 1 saturated carbocycles. The van der Waals surface area contributed by atoms with Crippen LogP contribution in [0, 0.1) is 5.92 Å².